The molecule has 0 fully saturated rings. The molecule has 0 saturated carbocycles. The molecule has 5 nitrogen and oxygen atoms in total. The molecule has 0 unspecified atom stereocenters. The highest BCUT2D eigenvalue weighted by Gasteiger charge is 2.34. The fraction of sp³-hybridized carbons (Fsp3) is 0.222. The van der Waals surface area contributed by atoms with Crippen LogP contribution in [0.4, 0.5) is 18.9 Å². The van der Waals surface area contributed by atoms with Crippen molar-refractivity contribution >= 4 is 24.3 Å². The van der Waals surface area contributed by atoms with Crippen LogP contribution in [0.25, 0.3) is 0 Å². The molecule has 0 aliphatic heterocycles. The topological polar surface area (TPSA) is 80.4 Å². The predicted molar refractivity (Wildman–Crippen MR) is 57.5 cm³/mol. The molecule has 0 saturated heterocycles. The van der Waals surface area contributed by atoms with E-state index >= 15 is 0 Å². The molecule has 0 heterocycles. The summed E-state index contributed by atoms with van der Waals surface area (Å²) in [6, 6.07) is 1.61. The van der Waals surface area contributed by atoms with Gasteiger partial charge in [-0.25, -0.2) is 0 Å². The largest absolute Gasteiger partial charge is 0.480 e. The standard InChI is InChI=1S/C9H6F3NO4S/c10-9(11,12)4-1-2-5(7(18)8(14)15)6(3-4)13(16)17/h1-3,7,18H,(H,14,15)/t7-/m0/s1. The van der Waals surface area contributed by atoms with Crippen molar-refractivity contribution in [2.45, 2.75) is 11.4 Å². The highest BCUT2D eigenvalue weighted by Crippen LogP contribution is 2.36. The highest BCUT2D eigenvalue weighted by atomic mass is 32.1. The van der Waals surface area contributed by atoms with Gasteiger partial charge in [0.25, 0.3) is 5.69 Å². The third-order valence-corrected chi connectivity index (χ3v) is 2.58. The number of carboxylic acid groups (broad SMARTS) is 1. The maximum absolute atomic E-state index is 12.4. The Balaban J connectivity index is 3.39. The number of nitro groups is 1. The lowest BCUT2D eigenvalue weighted by molar-refractivity contribution is -0.385. The monoisotopic (exact) mass is 281 g/mol. The van der Waals surface area contributed by atoms with Gasteiger partial charge in [0, 0.05) is 6.07 Å². The van der Waals surface area contributed by atoms with E-state index in [-0.39, 0.29) is 0 Å². The number of carbonyl (C=O) groups is 1. The van der Waals surface area contributed by atoms with Crippen LogP contribution >= 0.6 is 12.6 Å². The van der Waals surface area contributed by atoms with E-state index in [1.54, 1.807) is 0 Å². The molecule has 18 heavy (non-hydrogen) atoms. The number of alkyl halides is 3. The van der Waals surface area contributed by atoms with Gasteiger partial charge in [-0.05, 0) is 12.1 Å². The van der Waals surface area contributed by atoms with Crippen molar-refractivity contribution in [3.05, 3.63) is 39.4 Å². The van der Waals surface area contributed by atoms with Crippen LogP contribution < -0.4 is 0 Å². The van der Waals surface area contributed by atoms with Crippen molar-refractivity contribution in [3.8, 4) is 0 Å². The van der Waals surface area contributed by atoms with Crippen molar-refractivity contribution in [1.29, 1.82) is 0 Å². The molecule has 1 atom stereocenters. The third kappa shape index (κ3) is 2.92. The molecule has 1 rings (SSSR count). The number of carboxylic acids is 1. The average Bonchev–Trinajstić information content (AvgIpc) is 2.25. The van der Waals surface area contributed by atoms with E-state index in [2.05, 4.69) is 12.6 Å². The summed E-state index contributed by atoms with van der Waals surface area (Å²) in [5.41, 5.74) is -2.54. The number of halogens is 3. The van der Waals surface area contributed by atoms with Crippen molar-refractivity contribution < 1.29 is 28.0 Å². The minimum absolute atomic E-state index is 0.293. The molecule has 1 aromatic carbocycles. The molecule has 1 N–H and O–H groups in total. The summed E-state index contributed by atoms with van der Waals surface area (Å²) in [5, 5.41) is 17.7. The number of hydrogen-bond acceptors (Lipinski definition) is 4. The number of rotatable bonds is 3. The molecule has 0 spiro atoms. The zero-order chi connectivity index (χ0) is 14.1. The van der Waals surface area contributed by atoms with Crippen LogP contribution in [-0.4, -0.2) is 16.0 Å². The van der Waals surface area contributed by atoms with Gasteiger partial charge in [0.2, 0.25) is 0 Å². The SMILES string of the molecule is O=C(O)[C@@H](S)c1ccc(C(F)(F)F)cc1[N+](=O)[O-]. The minimum atomic E-state index is -4.74. The Bertz CT molecular complexity index is 503. The summed E-state index contributed by atoms with van der Waals surface area (Å²) in [5.74, 6) is -1.49. The van der Waals surface area contributed by atoms with Crippen molar-refractivity contribution in [2.75, 3.05) is 0 Å². The molecule has 1 aromatic rings. The van der Waals surface area contributed by atoms with Crippen molar-refractivity contribution in [3.63, 3.8) is 0 Å². The van der Waals surface area contributed by atoms with E-state index < -0.39 is 39.1 Å². The lowest BCUT2D eigenvalue weighted by Gasteiger charge is -2.10. The lowest BCUT2D eigenvalue weighted by Crippen LogP contribution is -2.11. The number of hydrogen-bond donors (Lipinski definition) is 2. The number of nitro benzene ring substituents is 1. The second-order valence-electron chi connectivity index (χ2n) is 3.27. The molecule has 0 aliphatic rings. The Kier molecular flexibility index (Phi) is 3.85. The first kappa shape index (κ1) is 14.3. The number of benzene rings is 1. The molecule has 0 aliphatic carbocycles. The van der Waals surface area contributed by atoms with E-state index in [0.29, 0.717) is 12.1 Å². The third-order valence-electron chi connectivity index (χ3n) is 2.08. The van der Waals surface area contributed by atoms with Crippen LogP contribution in [0.2, 0.25) is 0 Å². The molecular weight excluding hydrogens is 275 g/mol. The maximum Gasteiger partial charge on any atom is 0.416 e. The van der Waals surface area contributed by atoms with Crippen LogP contribution in [0.5, 0.6) is 0 Å². The second kappa shape index (κ2) is 4.84. The van der Waals surface area contributed by atoms with Gasteiger partial charge in [0.05, 0.1) is 16.1 Å². The summed E-state index contributed by atoms with van der Waals surface area (Å²) in [6.07, 6.45) is -4.74. The van der Waals surface area contributed by atoms with Gasteiger partial charge < -0.3 is 5.11 Å². The summed E-state index contributed by atoms with van der Waals surface area (Å²) < 4.78 is 37.1. The van der Waals surface area contributed by atoms with Gasteiger partial charge in [-0.15, -0.1) is 0 Å². The summed E-state index contributed by atoms with van der Waals surface area (Å²) in [4.78, 5) is 20.2. The van der Waals surface area contributed by atoms with E-state index in [4.69, 9.17) is 5.11 Å². The molecule has 0 amide bonds. The summed E-state index contributed by atoms with van der Waals surface area (Å²) >= 11 is 3.60. The van der Waals surface area contributed by atoms with Crippen LogP contribution in [0.3, 0.4) is 0 Å². The van der Waals surface area contributed by atoms with Gasteiger partial charge in [0.15, 0.2) is 0 Å². The fourth-order valence-corrected chi connectivity index (χ4v) is 1.46. The van der Waals surface area contributed by atoms with Crippen LogP contribution in [0, 0.1) is 10.1 Å². The molecule has 98 valence electrons. The second-order valence-corrected chi connectivity index (χ2v) is 3.79. The maximum atomic E-state index is 12.4. The average molecular weight is 281 g/mol. The molecule has 0 aromatic heterocycles. The Morgan fingerprint density at radius 1 is 1.44 bits per heavy atom. The Hall–Kier alpha value is -1.77. The van der Waals surface area contributed by atoms with Crippen LogP contribution in [-0.2, 0) is 11.0 Å². The highest BCUT2D eigenvalue weighted by molar-refractivity contribution is 7.81. The van der Waals surface area contributed by atoms with E-state index in [0.717, 1.165) is 6.07 Å². The number of aliphatic carboxylic acids is 1. The van der Waals surface area contributed by atoms with E-state index in [1.807, 2.05) is 0 Å². The number of nitrogens with zero attached hydrogens (tertiary/aromatic N) is 1. The van der Waals surface area contributed by atoms with Gasteiger partial charge >= 0.3 is 12.1 Å². The predicted octanol–water partition coefficient (Wildman–Crippen LogP) is 2.67. The lowest BCUT2D eigenvalue weighted by atomic mass is 10.1. The normalized spacial score (nSPS) is 13.1. The van der Waals surface area contributed by atoms with Gasteiger partial charge in [-0.2, -0.15) is 25.8 Å². The van der Waals surface area contributed by atoms with Gasteiger partial charge in [-0.1, -0.05) is 0 Å². The minimum Gasteiger partial charge on any atom is -0.480 e. The van der Waals surface area contributed by atoms with Crippen molar-refractivity contribution in [2.24, 2.45) is 0 Å². The Labute approximate surface area is 104 Å². The molecular formula is C9H6F3NO4S. The quantitative estimate of drug-likeness (QED) is 0.507. The fourth-order valence-electron chi connectivity index (χ4n) is 1.24. The zero-order valence-corrected chi connectivity index (χ0v) is 9.40. The first-order chi connectivity index (χ1) is 8.14. The Morgan fingerprint density at radius 3 is 2.39 bits per heavy atom. The first-order valence-electron chi connectivity index (χ1n) is 4.41. The summed E-state index contributed by atoms with van der Waals surface area (Å²) in [7, 11) is 0. The molecule has 0 radical (unpaired) electrons. The van der Waals surface area contributed by atoms with Gasteiger partial charge in [0.1, 0.15) is 5.25 Å². The first-order valence-corrected chi connectivity index (χ1v) is 4.92. The van der Waals surface area contributed by atoms with E-state index in [1.165, 1.54) is 0 Å². The smallest absolute Gasteiger partial charge is 0.416 e. The molecule has 9 heteroatoms. The van der Waals surface area contributed by atoms with Crippen LogP contribution in [0.1, 0.15) is 16.4 Å². The zero-order valence-electron chi connectivity index (χ0n) is 8.51. The number of thiol groups is 1. The molecule has 0 bridgehead atoms. The van der Waals surface area contributed by atoms with Crippen molar-refractivity contribution in [1.82, 2.24) is 0 Å². The van der Waals surface area contributed by atoms with E-state index in [9.17, 15) is 28.1 Å². The van der Waals surface area contributed by atoms with Gasteiger partial charge in [-0.3, -0.25) is 14.9 Å². The summed E-state index contributed by atoms with van der Waals surface area (Å²) in [6.45, 7) is 0. The Morgan fingerprint density at radius 2 is 2.00 bits per heavy atom. The van der Waals surface area contributed by atoms with Crippen LogP contribution in [0.15, 0.2) is 18.2 Å².